The highest BCUT2D eigenvalue weighted by molar-refractivity contribution is 5.78. The van der Waals surface area contributed by atoms with E-state index in [2.05, 4.69) is 22.7 Å². The van der Waals surface area contributed by atoms with E-state index in [1.807, 2.05) is 13.0 Å². The summed E-state index contributed by atoms with van der Waals surface area (Å²) in [5, 5.41) is 13.7. The molecule has 0 fully saturated rings. The predicted octanol–water partition coefficient (Wildman–Crippen LogP) is 3.36. The molecule has 0 aliphatic rings. The monoisotopic (exact) mass is 278 g/mol. The van der Waals surface area contributed by atoms with Crippen molar-refractivity contribution in [2.75, 3.05) is 0 Å². The molecule has 21 heavy (non-hydrogen) atoms. The topological polar surface area (TPSA) is 54.0 Å². The van der Waals surface area contributed by atoms with E-state index in [9.17, 15) is 9.65 Å². The van der Waals surface area contributed by atoms with Crippen molar-refractivity contribution in [2.24, 2.45) is 0 Å². The molecule has 0 radical (unpaired) electrons. The zero-order valence-corrected chi connectivity index (χ0v) is 11.3. The molecule has 2 aromatic heterocycles. The smallest absolute Gasteiger partial charge is 0.174 e. The van der Waals surface area contributed by atoms with Gasteiger partial charge in [0.25, 0.3) is 0 Å². The quantitative estimate of drug-likeness (QED) is 0.722. The van der Waals surface area contributed by atoms with Gasteiger partial charge in [0, 0.05) is 11.3 Å². The Balaban J connectivity index is 2.35. The third-order valence-corrected chi connectivity index (χ3v) is 3.25. The lowest BCUT2D eigenvalue weighted by molar-refractivity contribution is 0.628. The van der Waals surface area contributed by atoms with Gasteiger partial charge in [-0.15, -0.1) is 5.10 Å². The van der Waals surface area contributed by atoms with E-state index in [0.717, 1.165) is 11.3 Å². The number of hydrogen-bond acceptors (Lipinski definition) is 3. The van der Waals surface area contributed by atoms with Crippen LogP contribution in [-0.2, 0) is 0 Å². The summed E-state index contributed by atoms with van der Waals surface area (Å²) < 4.78 is 14.7. The van der Waals surface area contributed by atoms with Gasteiger partial charge in [-0.05, 0) is 36.8 Å². The van der Waals surface area contributed by atoms with Crippen LogP contribution in [0.4, 0.5) is 4.39 Å². The van der Waals surface area contributed by atoms with Crippen LogP contribution in [0.2, 0.25) is 0 Å². The summed E-state index contributed by atoms with van der Waals surface area (Å²) in [5.41, 5.74) is 3.20. The van der Waals surface area contributed by atoms with E-state index < -0.39 is 0 Å². The van der Waals surface area contributed by atoms with Crippen molar-refractivity contribution in [1.82, 2.24) is 14.6 Å². The molecule has 0 N–H and O–H groups in total. The summed E-state index contributed by atoms with van der Waals surface area (Å²) in [4.78, 5) is 4.30. The van der Waals surface area contributed by atoms with Crippen LogP contribution in [0.25, 0.3) is 22.9 Å². The van der Waals surface area contributed by atoms with Crippen molar-refractivity contribution in [3.8, 4) is 17.2 Å². The molecule has 3 aromatic rings. The van der Waals surface area contributed by atoms with E-state index in [4.69, 9.17) is 0 Å². The number of nitrogens with zero attached hydrogens (tertiary/aromatic N) is 4. The van der Waals surface area contributed by atoms with Gasteiger partial charge < -0.3 is 0 Å². The van der Waals surface area contributed by atoms with Crippen LogP contribution in [0, 0.1) is 24.1 Å². The predicted molar refractivity (Wildman–Crippen MR) is 77.9 cm³/mol. The normalized spacial score (nSPS) is 10.5. The zero-order valence-electron chi connectivity index (χ0n) is 11.3. The maximum absolute atomic E-state index is 13.1. The maximum Gasteiger partial charge on any atom is 0.174 e. The van der Waals surface area contributed by atoms with Crippen LogP contribution in [0.5, 0.6) is 0 Å². The minimum atomic E-state index is -0.313. The number of aryl methyl sites for hydroxylation is 1. The molecule has 0 spiro atoms. The van der Waals surface area contributed by atoms with E-state index >= 15 is 0 Å². The zero-order chi connectivity index (χ0) is 15.0. The number of aromatic nitrogens is 3. The molecule has 0 aliphatic heterocycles. The van der Waals surface area contributed by atoms with Crippen LogP contribution < -0.4 is 0 Å². The van der Waals surface area contributed by atoms with Crippen molar-refractivity contribution in [3.05, 3.63) is 59.8 Å². The van der Waals surface area contributed by atoms with Gasteiger partial charge in [-0.3, -0.25) is 0 Å². The SMILES string of the molecule is C=Cc1nc2c(C#N)c(-c3ccc(F)cc3)cc(C)n2n1. The molecule has 0 aliphatic carbocycles. The first kappa shape index (κ1) is 13.0. The number of rotatable bonds is 2. The van der Waals surface area contributed by atoms with Gasteiger partial charge in [0.2, 0.25) is 0 Å². The Kier molecular flexibility index (Phi) is 2.99. The number of pyridine rings is 1. The van der Waals surface area contributed by atoms with Crippen LogP contribution in [0.1, 0.15) is 17.1 Å². The van der Waals surface area contributed by atoms with E-state index in [1.165, 1.54) is 18.2 Å². The number of nitriles is 1. The summed E-state index contributed by atoms with van der Waals surface area (Å²) in [5.74, 6) is 0.150. The highest BCUT2D eigenvalue weighted by Crippen LogP contribution is 2.27. The van der Waals surface area contributed by atoms with Gasteiger partial charge in [0.15, 0.2) is 11.5 Å². The van der Waals surface area contributed by atoms with Crippen LogP contribution in [-0.4, -0.2) is 14.6 Å². The average molecular weight is 278 g/mol. The largest absolute Gasteiger partial charge is 0.216 e. The summed E-state index contributed by atoms with van der Waals surface area (Å²) in [6, 6.07) is 10.0. The molecular formula is C16H11FN4. The van der Waals surface area contributed by atoms with Gasteiger partial charge in [-0.2, -0.15) is 5.26 Å². The Hall–Kier alpha value is -3.00. The van der Waals surface area contributed by atoms with Crippen molar-refractivity contribution < 1.29 is 4.39 Å². The molecule has 0 saturated carbocycles. The number of halogens is 1. The van der Waals surface area contributed by atoms with E-state index in [0.29, 0.717) is 22.6 Å². The third kappa shape index (κ3) is 2.07. The Morgan fingerprint density at radius 1 is 1.33 bits per heavy atom. The fourth-order valence-corrected chi connectivity index (χ4v) is 2.25. The summed E-state index contributed by atoms with van der Waals surface area (Å²) in [6.07, 6.45) is 1.53. The lowest BCUT2D eigenvalue weighted by Gasteiger charge is -2.08. The first-order chi connectivity index (χ1) is 10.1. The molecule has 102 valence electrons. The molecule has 2 heterocycles. The highest BCUT2D eigenvalue weighted by Gasteiger charge is 2.15. The Morgan fingerprint density at radius 2 is 2.05 bits per heavy atom. The molecular weight excluding hydrogens is 267 g/mol. The number of benzene rings is 1. The van der Waals surface area contributed by atoms with Crippen molar-refractivity contribution in [3.63, 3.8) is 0 Å². The third-order valence-electron chi connectivity index (χ3n) is 3.25. The molecule has 4 nitrogen and oxygen atoms in total. The number of fused-ring (bicyclic) bond motifs is 1. The summed E-state index contributed by atoms with van der Waals surface area (Å²) >= 11 is 0. The van der Waals surface area contributed by atoms with E-state index in [-0.39, 0.29) is 5.82 Å². The Morgan fingerprint density at radius 3 is 2.67 bits per heavy atom. The summed E-state index contributed by atoms with van der Waals surface area (Å²) in [6.45, 7) is 5.52. The molecule has 0 atom stereocenters. The van der Waals surface area contributed by atoms with Gasteiger partial charge in [0.05, 0.1) is 0 Å². The maximum atomic E-state index is 13.1. The molecule has 3 rings (SSSR count). The second kappa shape index (κ2) is 4.84. The minimum absolute atomic E-state index is 0.313. The second-order valence-corrected chi connectivity index (χ2v) is 4.60. The molecule has 0 saturated heterocycles. The van der Waals surface area contributed by atoms with Gasteiger partial charge >= 0.3 is 0 Å². The molecule has 0 bridgehead atoms. The highest BCUT2D eigenvalue weighted by atomic mass is 19.1. The number of hydrogen-bond donors (Lipinski definition) is 0. The van der Waals surface area contributed by atoms with Crippen LogP contribution in [0.3, 0.4) is 0 Å². The fraction of sp³-hybridized carbons (Fsp3) is 0.0625. The lowest BCUT2D eigenvalue weighted by atomic mass is 10.0. The first-order valence-electron chi connectivity index (χ1n) is 6.33. The van der Waals surface area contributed by atoms with Gasteiger partial charge in [0.1, 0.15) is 17.4 Å². The molecule has 5 heteroatoms. The fourth-order valence-electron chi connectivity index (χ4n) is 2.25. The summed E-state index contributed by atoms with van der Waals surface area (Å²) in [7, 11) is 0. The van der Waals surface area contributed by atoms with Crippen LogP contribution in [0.15, 0.2) is 36.9 Å². The van der Waals surface area contributed by atoms with E-state index in [1.54, 1.807) is 16.6 Å². The molecule has 0 unspecified atom stereocenters. The van der Waals surface area contributed by atoms with Crippen molar-refractivity contribution in [1.29, 1.82) is 5.26 Å². The molecule has 0 amide bonds. The van der Waals surface area contributed by atoms with Crippen molar-refractivity contribution in [2.45, 2.75) is 6.92 Å². The standard InChI is InChI=1S/C16H11FN4/c1-3-15-19-16-14(9-18)13(8-10(2)21(16)20-15)11-4-6-12(17)7-5-11/h3-8H,1H2,2H3. The second-order valence-electron chi connectivity index (χ2n) is 4.60. The first-order valence-corrected chi connectivity index (χ1v) is 6.33. The Bertz CT molecular complexity index is 885. The van der Waals surface area contributed by atoms with Crippen LogP contribution >= 0.6 is 0 Å². The average Bonchev–Trinajstić information content (AvgIpc) is 2.93. The molecule has 1 aromatic carbocycles. The van der Waals surface area contributed by atoms with Gasteiger partial charge in [-0.25, -0.2) is 13.9 Å². The lowest BCUT2D eigenvalue weighted by Crippen LogP contribution is -1.99. The van der Waals surface area contributed by atoms with Gasteiger partial charge in [-0.1, -0.05) is 18.7 Å². The Labute approximate surface area is 120 Å². The minimum Gasteiger partial charge on any atom is -0.216 e. The van der Waals surface area contributed by atoms with Crippen molar-refractivity contribution >= 4 is 11.7 Å².